The number of methoxy groups -OCH3 is 1. The molecule has 1 aromatic heterocycles. The quantitative estimate of drug-likeness (QED) is 0.838. The number of aliphatic hydroxyl groups excluding tert-OH is 1. The Morgan fingerprint density at radius 1 is 1.50 bits per heavy atom. The van der Waals surface area contributed by atoms with Crippen LogP contribution in [0.15, 0.2) is 18.2 Å². The summed E-state index contributed by atoms with van der Waals surface area (Å²) < 4.78 is 7.18. The van der Waals surface area contributed by atoms with Gasteiger partial charge >= 0.3 is 5.97 Å². The van der Waals surface area contributed by atoms with Crippen molar-refractivity contribution >= 4 is 17.0 Å². The third-order valence-corrected chi connectivity index (χ3v) is 3.30. The van der Waals surface area contributed by atoms with Crippen LogP contribution in [0.4, 0.5) is 0 Å². The van der Waals surface area contributed by atoms with E-state index < -0.39 is 5.97 Å². The summed E-state index contributed by atoms with van der Waals surface area (Å²) in [6.07, 6.45) is 0.556. The topological polar surface area (TPSA) is 84.6 Å². The van der Waals surface area contributed by atoms with Crippen molar-refractivity contribution in [3.8, 4) is 0 Å². The van der Waals surface area contributed by atoms with E-state index in [1.54, 1.807) is 25.3 Å². The highest BCUT2D eigenvalue weighted by atomic mass is 16.5. The van der Waals surface area contributed by atoms with Gasteiger partial charge in [0.25, 0.3) is 0 Å². The van der Waals surface area contributed by atoms with Gasteiger partial charge in [-0.25, -0.2) is 9.78 Å². The Morgan fingerprint density at radius 2 is 2.25 bits per heavy atom. The zero-order chi connectivity index (χ0) is 14.7. The third kappa shape index (κ3) is 2.66. The molecule has 0 aliphatic carbocycles. The molecule has 6 heteroatoms. The number of aromatic nitrogens is 2. The molecule has 0 bridgehead atoms. The van der Waals surface area contributed by atoms with Gasteiger partial charge in [-0.2, -0.15) is 0 Å². The van der Waals surface area contributed by atoms with Gasteiger partial charge in [-0.1, -0.05) is 0 Å². The lowest BCUT2D eigenvalue weighted by atomic mass is 10.1. The number of carbonyl (C=O) groups is 1. The van der Waals surface area contributed by atoms with Crippen LogP contribution >= 0.6 is 0 Å². The number of ether oxygens (including phenoxy) is 1. The number of carboxylic acid groups (broad SMARTS) is 1. The van der Waals surface area contributed by atoms with Crippen LogP contribution in [0.2, 0.25) is 0 Å². The highest BCUT2D eigenvalue weighted by Gasteiger charge is 2.17. The molecule has 108 valence electrons. The largest absolute Gasteiger partial charge is 0.478 e. The zero-order valence-corrected chi connectivity index (χ0v) is 11.5. The maximum Gasteiger partial charge on any atom is 0.335 e. The molecule has 0 saturated heterocycles. The average Bonchev–Trinajstić information content (AvgIpc) is 2.73. The van der Waals surface area contributed by atoms with E-state index in [1.807, 2.05) is 11.5 Å². The van der Waals surface area contributed by atoms with E-state index in [0.717, 1.165) is 11.3 Å². The molecule has 1 atom stereocenters. The molecule has 0 aliphatic rings. The second-order valence-electron chi connectivity index (χ2n) is 4.66. The van der Waals surface area contributed by atoms with Crippen LogP contribution in [0.25, 0.3) is 11.0 Å². The van der Waals surface area contributed by atoms with Crippen LogP contribution in [0.1, 0.15) is 28.6 Å². The zero-order valence-electron chi connectivity index (χ0n) is 11.5. The number of nitrogens with zero attached hydrogens (tertiary/aromatic N) is 2. The van der Waals surface area contributed by atoms with Crippen LogP contribution in [0, 0.1) is 6.92 Å². The summed E-state index contributed by atoms with van der Waals surface area (Å²) in [6, 6.07) is 4.85. The number of benzene rings is 1. The summed E-state index contributed by atoms with van der Waals surface area (Å²) >= 11 is 0. The minimum absolute atomic E-state index is 0.0225. The number of hydrogen-bond acceptors (Lipinski definition) is 4. The van der Waals surface area contributed by atoms with E-state index in [9.17, 15) is 9.90 Å². The first-order chi connectivity index (χ1) is 9.58. The maximum atomic E-state index is 11.0. The minimum atomic E-state index is -0.970. The van der Waals surface area contributed by atoms with E-state index >= 15 is 0 Å². The summed E-state index contributed by atoms with van der Waals surface area (Å²) in [5, 5.41) is 18.2. The molecule has 2 N–H and O–H groups in total. The van der Waals surface area contributed by atoms with E-state index in [2.05, 4.69) is 4.98 Å². The molecule has 1 heterocycles. The van der Waals surface area contributed by atoms with Gasteiger partial charge in [-0.05, 0) is 31.5 Å². The highest BCUT2D eigenvalue weighted by molar-refractivity contribution is 5.92. The number of hydrogen-bond donors (Lipinski definition) is 2. The Labute approximate surface area is 116 Å². The summed E-state index contributed by atoms with van der Waals surface area (Å²) in [7, 11) is 1.61. The lowest BCUT2D eigenvalue weighted by Gasteiger charge is -2.19. The minimum Gasteiger partial charge on any atom is -0.478 e. The van der Waals surface area contributed by atoms with Gasteiger partial charge in [0.05, 0.1) is 29.2 Å². The van der Waals surface area contributed by atoms with Crippen molar-refractivity contribution in [2.75, 3.05) is 20.3 Å². The Hall–Kier alpha value is -1.92. The van der Waals surface area contributed by atoms with Crippen LogP contribution in [-0.2, 0) is 4.74 Å². The number of rotatable bonds is 6. The van der Waals surface area contributed by atoms with Crippen LogP contribution in [0.5, 0.6) is 0 Å². The maximum absolute atomic E-state index is 11.0. The van der Waals surface area contributed by atoms with Gasteiger partial charge in [-0.15, -0.1) is 0 Å². The second-order valence-corrected chi connectivity index (χ2v) is 4.66. The molecular weight excluding hydrogens is 260 g/mol. The standard InChI is InChI=1S/C14H18N2O4/c1-9-15-12-7-10(14(18)19)3-4-13(12)16(9)11(5-6-17)8-20-2/h3-4,7,11,17H,5-6,8H2,1-2H3,(H,18,19). The normalized spacial score (nSPS) is 12.8. The summed E-state index contributed by atoms with van der Waals surface area (Å²) in [5.74, 6) is -0.194. The smallest absolute Gasteiger partial charge is 0.335 e. The molecule has 6 nitrogen and oxygen atoms in total. The summed E-state index contributed by atoms with van der Waals surface area (Å²) in [4.78, 5) is 15.4. The molecule has 2 aromatic rings. The molecule has 0 saturated carbocycles. The first kappa shape index (κ1) is 14.5. The van der Waals surface area contributed by atoms with E-state index in [1.165, 1.54) is 0 Å². The molecule has 20 heavy (non-hydrogen) atoms. The molecule has 0 amide bonds. The van der Waals surface area contributed by atoms with Gasteiger partial charge < -0.3 is 19.5 Å². The second kappa shape index (κ2) is 6.02. The van der Waals surface area contributed by atoms with Crippen LogP contribution in [0.3, 0.4) is 0 Å². The number of carboxylic acids is 1. The third-order valence-electron chi connectivity index (χ3n) is 3.30. The lowest BCUT2D eigenvalue weighted by molar-refractivity contribution is 0.0697. The predicted molar refractivity (Wildman–Crippen MR) is 74.0 cm³/mol. The van der Waals surface area contributed by atoms with Gasteiger partial charge in [0.2, 0.25) is 0 Å². The van der Waals surface area contributed by atoms with Crippen LogP contribution in [-0.4, -0.2) is 46.1 Å². The Balaban J connectivity index is 2.52. The fourth-order valence-corrected chi connectivity index (χ4v) is 2.44. The highest BCUT2D eigenvalue weighted by Crippen LogP contribution is 2.24. The van der Waals surface area contributed by atoms with E-state index in [4.69, 9.17) is 9.84 Å². The Morgan fingerprint density at radius 3 is 2.85 bits per heavy atom. The van der Waals surface area contributed by atoms with E-state index in [0.29, 0.717) is 18.5 Å². The number of aliphatic hydroxyl groups is 1. The molecule has 0 aliphatic heterocycles. The molecule has 1 unspecified atom stereocenters. The molecular formula is C14H18N2O4. The SMILES string of the molecule is COCC(CCO)n1c(C)nc2cc(C(=O)O)ccc21. The number of aryl methyl sites for hydroxylation is 1. The van der Waals surface area contributed by atoms with Crippen molar-refractivity contribution in [3.05, 3.63) is 29.6 Å². The number of imidazole rings is 1. The molecule has 1 aromatic carbocycles. The Bertz CT molecular complexity index is 615. The van der Waals surface area contributed by atoms with Gasteiger partial charge in [0.1, 0.15) is 5.82 Å². The average molecular weight is 278 g/mol. The summed E-state index contributed by atoms with van der Waals surface area (Å²) in [6.45, 7) is 2.38. The fraction of sp³-hybridized carbons (Fsp3) is 0.429. The molecule has 0 radical (unpaired) electrons. The first-order valence-corrected chi connectivity index (χ1v) is 6.40. The fourth-order valence-electron chi connectivity index (χ4n) is 2.44. The first-order valence-electron chi connectivity index (χ1n) is 6.40. The number of fused-ring (bicyclic) bond motifs is 1. The van der Waals surface area contributed by atoms with Crippen molar-refractivity contribution in [1.29, 1.82) is 0 Å². The van der Waals surface area contributed by atoms with Crippen molar-refractivity contribution in [2.24, 2.45) is 0 Å². The predicted octanol–water partition coefficient (Wildman–Crippen LogP) is 1.61. The Kier molecular flexibility index (Phi) is 4.36. The number of aromatic carboxylic acids is 1. The van der Waals surface area contributed by atoms with Gasteiger partial charge in [-0.3, -0.25) is 0 Å². The van der Waals surface area contributed by atoms with Crippen molar-refractivity contribution in [2.45, 2.75) is 19.4 Å². The molecule has 0 spiro atoms. The van der Waals surface area contributed by atoms with Crippen molar-refractivity contribution in [3.63, 3.8) is 0 Å². The molecule has 2 rings (SSSR count). The van der Waals surface area contributed by atoms with Gasteiger partial charge in [0, 0.05) is 13.7 Å². The monoisotopic (exact) mass is 278 g/mol. The molecule has 0 fully saturated rings. The lowest BCUT2D eigenvalue weighted by Crippen LogP contribution is -2.17. The van der Waals surface area contributed by atoms with Crippen molar-refractivity contribution < 1.29 is 19.7 Å². The van der Waals surface area contributed by atoms with Gasteiger partial charge in [0.15, 0.2) is 0 Å². The summed E-state index contributed by atoms with van der Waals surface area (Å²) in [5.41, 5.74) is 1.71. The van der Waals surface area contributed by atoms with Crippen molar-refractivity contribution in [1.82, 2.24) is 9.55 Å². The van der Waals surface area contributed by atoms with E-state index in [-0.39, 0.29) is 18.2 Å². The van der Waals surface area contributed by atoms with Crippen LogP contribution < -0.4 is 0 Å².